The van der Waals surface area contributed by atoms with Crippen LogP contribution in [0.4, 0.5) is 4.79 Å². The third-order valence-electron chi connectivity index (χ3n) is 4.57. The molecule has 1 aromatic rings. The molecule has 1 aromatic carbocycles. The van der Waals surface area contributed by atoms with Crippen LogP contribution < -0.4 is 0 Å². The molecule has 1 saturated heterocycles. The summed E-state index contributed by atoms with van der Waals surface area (Å²) >= 11 is 0. The van der Waals surface area contributed by atoms with Gasteiger partial charge in [0.15, 0.2) is 0 Å². The van der Waals surface area contributed by atoms with Crippen molar-refractivity contribution in [2.24, 2.45) is 0 Å². The monoisotopic (exact) mass is 344 g/mol. The number of carbonyl (C=O) groups is 3. The van der Waals surface area contributed by atoms with E-state index in [-0.39, 0.29) is 18.2 Å². The molecule has 1 fully saturated rings. The van der Waals surface area contributed by atoms with Crippen molar-refractivity contribution in [2.75, 3.05) is 13.1 Å². The SMILES string of the molecule is CCCCCCCCN1C(=O)CC(=O)N(CCc2ccccc2)C1=O. The summed E-state index contributed by atoms with van der Waals surface area (Å²) in [6.07, 6.45) is 6.97. The van der Waals surface area contributed by atoms with Gasteiger partial charge in [-0.1, -0.05) is 69.4 Å². The summed E-state index contributed by atoms with van der Waals surface area (Å²) in [4.78, 5) is 39.2. The van der Waals surface area contributed by atoms with Gasteiger partial charge in [0.05, 0.1) is 0 Å². The number of carbonyl (C=O) groups excluding carboxylic acids is 3. The number of unbranched alkanes of at least 4 members (excludes halogenated alkanes) is 5. The summed E-state index contributed by atoms with van der Waals surface area (Å²) in [5.41, 5.74) is 1.07. The van der Waals surface area contributed by atoms with Crippen molar-refractivity contribution in [3.05, 3.63) is 35.9 Å². The van der Waals surface area contributed by atoms with Gasteiger partial charge in [-0.3, -0.25) is 19.4 Å². The van der Waals surface area contributed by atoms with Crippen molar-refractivity contribution in [3.63, 3.8) is 0 Å². The fourth-order valence-corrected chi connectivity index (χ4v) is 3.06. The molecule has 5 nitrogen and oxygen atoms in total. The Labute approximate surface area is 150 Å². The van der Waals surface area contributed by atoms with E-state index in [9.17, 15) is 14.4 Å². The van der Waals surface area contributed by atoms with E-state index in [2.05, 4.69) is 6.92 Å². The number of rotatable bonds is 10. The minimum absolute atomic E-state index is 0.198. The Morgan fingerprint density at radius 2 is 1.40 bits per heavy atom. The summed E-state index contributed by atoms with van der Waals surface area (Å²) in [6, 6.07) is 9.29. The van der Waals surface area contributed by atoms with Crippen LogP contribution in [0, 0.1) is 0 Å². The first-order valence-corrected chi connectivity index (χ1v) is 9.32. The average Bonchev–Trinajstić information content (AvgIpc) is 2.61. The lowest BCUT2D eigenvalue weighted by atomic mass is 10.1. The van der Waals surface area contributed by atoms with Gasteiger partial charge in [0.25, 0.3) is 0 Å². The van der Waals surface area contributed by atoms with Gasteiger partial charge in [-0.2, -0.15) is 0 Å². The highest BCUT2D eigenvalue weighted by Gasteiger charge is 2.37. The third kappa shape index (κ3) is 5.69. The van der Waals surface area contributed by atoms with Crippen LogP contribution in [-0.2, 0) is 16.0 Å². The van der Waals surface area contributed by atoms with E-state index < -0.39 is 6.03 Å². The molecule has 0 unspecified atom stereocenters. The fourth-order valence-electron chi connectivity index (χ4n) is 3.06. The van der Waals surface area contributed by atoms with Crippen LogP contribution in [0.1, 0.15) is 57.4 Å². The molecule has 0 aromatic heterocycles. The molecule has 0 aliphatic carbocycles. The van der Waals surface area contributed by atoms with Gasteiger partial charge in [-0.25, -0.2) is 4.79 Å². The van der Waals surface area contributed by atoms with Crippen molar-refractivity contribution in [3.8, 4) is 0 Å². The molecule has 1 aliphatic heterocycles. The first kappa shape index (κ1) is 19.2. The van der Waals surface area contributed by atoms with Gasteiger partial charge in [0.1, 0.15) is 6.42 Å². The second-order valence-corrected chi connectivity index (χ2v) is 6.55. The topological polar surface area (TPSA) is 57.7 Å². The van der Waals surface area contributed by atoms with Crippen molar-refractivity contribution >= 4 is 17.8 Å². The van der Waals surface area contributed by atoms with Gasteiger partial charge < -0.3 is 0 Å². The number of barbiturate groups is 1. The highest BCUT2D eigenvalue weighted by molar-refractivity contribution is 6.14. The van der Waals surface area contributed by atoms with E-state index in [1.165, 1.54) is 29.1 Å². The lowest BCUT2D eigenvalue weighted by Gasteiger charge is -2.32. The lowest BCUT2D eigenvalue weighted by Crippen LogP contribution is -2.55. The van der Waals surface area contributed by atoms with E-state index in [1.54, 1.807) is 0 Å². The van der Waals surface area contributed by atoms with Crippen LogP contribution >= 0.6 is 0 Å². The molecular formula is C20H28N2O3. The predicted molar refractivity (Wildman–Crippen MR) is 97.0 cm³/mol. The number of imide groups is 2. The highest BCUT2D eigenvalue weighted by Crippen LogP contribution is 2.15. The Bertz CT molecular complexity index is 586. The average molecular weight is 344 g/mol. The van der Waals surface area contributed by atoms with Crippen LogP contribution in [0.3, 0.4) is 0 Å². The van der Waals surface area contributed by atoms with Crippen molar-refractivity contribution < 1.29 is 14.4 Å². The largest absolute Gasteiger partial charge is 0.333 e. The minimum atomic E-state index is -0.453. The van der Waals surface area contributed by atoms with Gasteiger partial charge in [0, 0.05) is 13.1 Å². The number of nitrogens with zero attached hydrogens (tertiary/aromatic N) is 2. The van der Waals surface area contributed by atoms with E-state index in [0.29, 0.717) is 19.5 Å². The van der Waals surface area contributed by atoms with Crippen LogP contribution in [0.25, 0.3) is 0 Å². The Kier molecular flexibility index (Phi) is 7.64. The molecule has 0 saturated carbocycles. The maximum absolute atomic E-state index is 12.5. The Hall–Kier alpha value is -2.17. The molecule has 0 N–H and O–H groups in total. The van der Waals surface area contributed by atoms with Crippen LogP contribution in [0.2, 0.25) is 0 Å². The van der Waals surface area contributed by atoms with Gasteiger partial charge in [0.2, 0.25) is 11.8 Å². The minimum Gasteiger partial charge on any atom is -0.274 e. The third-order valence-corrected chi connectivity index (χ3v) is 4.57. The summed E-state index contributed by atoms with van der Waals surface area (Å²) in [6.45, 7) is 2.91. The Morgan fingerprint density at radius 1 is 0.800 bits per heavy atom. The number of hydrogen-bond acceptors (Lipinski definition) is 3. The standard InChI is InChI=1S/C20H28N2O3/c1-2-3-4-5-6-10-14-21-18(23)16-19(24)22(20(21)25)15-13-17-11-8-7-9-12-17/h7-9,11-12H,2-6,10,13-16H2,1H3. The molecular weight excluding hydrogens is 316 g/mol. The molecule has 0 spiro atoms. The van der Waals surface area contributed by atoms with Gasteiger partial charge in [-0.15, -0.1) is 0 Å². The Morgan fingerprint density at radius 3 is 2.08 bits per heavy atom. The maximum atomic E-state index is 12.5. The quantitative estimate of drug-likeness (QED) is 0.479. The number of urea groups is 1. The fraction of sp³-hybridized carbons (Fsp3) is 0.550. The zero-order valence-corrected chi connectivity index (χ0v) is 15.1. The maximum Gasteiger partial charge on any atom is 0.333 e. The molecule has 5 heteroatoms. The molecule has 4 amide bonds. The summed E-state index contributed by atoms with van der Waals surface area (Å²) < 4.78 is 0. The van der Waals surface area contributed by atoms with Crippen LogP contribution in [-0.4, -0.2) is 40.7 Å². The summed E-state index contributed by atoms with van der Waals surface area (Å²) in [5, 5.41) is 0. The lowest BCUT2D eigenvalue weighted by molar-refractivity contribution is -0.142. The second kappa shape index (κ2) is 9.97. The van der Waals surface area contributed by atoms with Gasteiger partial charge >= 0.3 is 6.03 Å². The normalized spacial score (nSPS) is 15.2. The van der Waals surface area contributed by atoms with E-state index in [1.807, 2.05) is 30.3 Å². The van der Waals surface area contributed by atoms with E-state index in [4.69, 9.17) is 0 Å². The highest BCUT2D eigenvalue weighted by atomic mass is 16.2. The zero-order valence-electron chi connectivity index (χ0n) is 15.1. The molecule has 0 atom stereocenters. The first-order chi connectivity index (χ1) is 12.1. The molecule has 0 radical (unpaired) electrons. The van der Waals surface area contributed by atoms with Crippen molar-refractivity contribution in [2.45, 2.75) is 58.3 Å². The second-order valence-electron chi connectivity index (χ2n) is 6.55. The van der Waals surface area contributed by atoms with Crippen molar-refractivity contribution in [1.29, 1.82) is 0 Å². The van der Waals surface area contributed by atoms with Crippen molar-refractivity contribution in [1.82, 2.24) is 9.80 Å². The molecule has 0 bridgehead atoms. The number of hydrogen-bond donors (Lipinski definition) is 0. The molecule has 25 heavy (non-hydrogen) atoms. The molecule has 136 valence electrons. The first-order valence-electron chi connectivity index (χ1n) is 9.32. The summed E-state index contributed by atoms with van der Waals surface area (Å²) in [5.74, 6) is -0.746. The molecule has 2 rings (SSSR count). The molecule has 1 heterocycles. The Balaban J connectivity index is 1.85. The summed E-state index contributed by atoms with van der Waals surface area (Å²) in [7, 11) is 0. The van der Waals surface area contributed by atoms with E-state index >= 15 is 0 Å². The molecule has 1 aliphatic rings. The van der Waals surface area contributed by atoms with E-state index in [0.717, 1.165) is 24.8 Å². The van der Waals surface area contributed by atoms with Crippen LogP contribution in [0.5, 0.6) is 0 Å². The predicted octanol–water partition coefficient (Wildman–Crippen LogP) is 3.77. The number of amides is 4. The van der Waals surface area contributed by atoms with Gasteiger partial charge in [-0.05, 0) is 18.4 Å². The van der Waals surface area contributed by atoms with Crippen LogP contribution in [0.15, 0.2) is 30.3 Å². The smallest absolute Gasteiger partial charge is 0.274 e. The number of benzene rings is 1. The zero-order chi connectivity index (χ0) is 18.1.